The number of nitrogens with zero attached hydrogens (tertiary/aromatic N) is 1. The van der Waals surface area contributed by atoms with Gasteiger partial charge >= 0.3 is 0 Å². The molecule has 0 aliphatic rings. The lowest BCUT2D eigenvalue weighted by atomic mass is 10.0. The highest BCUT2D eigenvalue weighted by Gasteiger charge is 2.11. The molecule has 2 aromatic rings. The van der Waals surface area contributed by atoms with Crippen molar-refractivity contribution in [3.8, 4) is 16.9 Å². The first-order valence-electron chi connectivity index (χ1n) is 5.32. The third-order valence-corrected chi connectivity index (χ3v) is 2.89. The van der Waals surface area contributed by atoms with Gasteiger partial charge in [0.2, 0.25) is 0 Å². The number of halogens is 1. The molecule has 0 aliphatic carbocycles. The summed E-state index contributed by atoms with van der Waals surface area (Å²) in [5.41, 5.74) is 8.47. The zero-order valence-corrected chi connectivity index (χ0v) is 10.3. The number of H-pyrrole nitrogens is 1. The lowest BCUT2D eigenvalue weighted by Crippen LogP contribution is -2.04. The summed E-state index contributed by atoms with van der Waals surface area (Å²) in [4.78, 5) is 0. The largest absolute Gasteiger partial charge is 0.497 e. The number of aromatic nitrogens is 2. The van der Waals surface area contributed by atoms with E-state index in [1.807, 2.05) is 12.1 Å². The third-order valence-electron chi connectivity index (χ3n) is 2.58. The van der Waals surface area contributed by atoms with Gasteiger partial charge in [0.25, 0.3) is 0 Å². The molecule has 0 fully saturated rings. The summed E-state index contributed by atoms with van der Waals surface area (Å²) in [6.45, 7) is 0.572. The normalized spacial score (nSPS) is 10.5. The van der Waals surface area contributed by atoms with Crippen molar-refractivity contribution in [1.82, 2.24) is 10.2 Å². The Bertz CT molecular complexity index is 510. The predicted molar refractivity (Wildman–Crippen MR) is 68.3 cm³/mol. The van der Waals surface area contributed by atoms with Crippen LogP contribution in [0.2, 0.25) is 5.02 Å². The van der Waals surface area contributed by atoms with Crippen molar-refractivity contribution in [2.24, 2.45) is 5.73 Å². The molecule has 0 saturated heterocycles. The van der Waals surface area contributed by atoms with Crippen molar-refractivity contribution in [1.29, 1.82) is 0 Å². The smallest absolute Gasteiger partial charge is 0.120 e. The molecule has 0 unspecified atom stereocenters. The second-order valence-electron chi connectivity index (χ2n) is 3.65. The topological polar surface area (TPSA) is 63.9 Å². The monoisotopic (exact) mass is 251 g/mol. The average Bonchev–Trinajstić information content (AvgIpc) is 2.77. The molecule has 90 valence electrons. The summed E-state index contributed by atoms with van der Waals surface area (Å²) < 4.78 is 5.12. The van der Waals surface area contributed by atoms with Crippen LogP contribution >= 0.6 is 11.6 Å². The number of nitrogens with two attached hydrogens (primary N) is 1. The van der Waals surface area contributed by atoms with Gasteiger partial charge in [-0.3, -0.25) is 5.10 Å². The van der Waals surface area contributed by atoms with Gasteiger partial charge in [-0.1, -0.05) is 11.6 Å². The lowest BCUT2D eigenvalue weighted by Gasteiger charge is -2.06. The number of benzene rings is 1. The van der Waals surface area contributed by atoms with E-state index in [-0.39, 0.29) is 0 Å². The van der Waals surface area contributed by atoms with E-state index in [1.54, 1.807) is 19.4 Å². The number of hydrogen-bond donors (Lipinski definition) is 2. The van der Waals surface area contributed by atoms with Crippen LogP contribution in [0.15, 0.2) is 24.4 Å². The first-order valence-corrected chi connectivity index (χ1v) is 5.70. The van der Waals surface area contributed by atoms with Crippen LogP contribution in [-0.2, 0) is 6.42 Å². The van der Waals surface area contributed by atoms with Crippen LogP contribution in [0.1, 0.15) is 5.69 Å². The number of nitrogens with one attached hydrogen (secondary N) is 1. The zero-order chi connectivity index (χ0) is 12.3. The fourth-order valence-electron chi connectivity index (χ4n) is 1.72. The number of rotatable bonds is 4. The van der Waals surface area contributed by atoms with Crippen molar-refractivity contribution in [2.45, 2.75) is 6.42 Å². The van der Waals surface area contributed by atoms with Crippen LogP contribution in [0, 0.1) is 0 Å². The first kappa shape index (κ1) is 12.0. The highest BCUT2D eigenvalue weighted by molar-refractivity contribution is 6.33. The van der Waals surface area contributed by atoms with E-state index in [4.69, 9.17) is 22.1 Å². The fourth-order valence-corrected chi connectivity index (χ4v) is 1.99. The first-order chi connectivity index (χ1) is 8.26. The number of aromatic amines is 1. The van der Waals surface area contributed by atoms with Crippen molar-refractivity contribution in [3.63, 3.8) is 0 Å². The number of ether oxygens (including phenoxy) is 1. The Balaban J connectivity index is 2.42. The van der Waals surface area contributed by atoms with Crippen molar-refractivity contribution < 1.29 is 4.74 Å². The maximum absolute atomic E-state index is 6.22. The molecule has 0 atom stereocenters. The molecule has 0 bridgehead atoms. The molecule has 0 amide bonds. The molecule has 2 rings (SSSR count). The van der Waals surface area contributed by atoms with Crippen LogP contribution < -0.4 is 10.5 Å². The Hall–Kier alpha value is -1.52. The van der Waals surface area contributed by atoms with Gasteiger partial charge < -0.3 is 10.5 Å². The second kappa shape index (κ2) is 5.21. The minimum absolute atomic E-state index is 0.572. The van der Waals surface area contributed by atoms with E-state index in [0.717, 1.165) is 29.0 Å². The van der Waals surface area contributed by atoms with Crippen molar-refractivity contribution in [2.75, 3.05) is 13.7 Å². The summed E-state index contributed by atoms with van der Waals surface area (Å²) in [6, 6.07) is 5.59. The highest BCUT2D eigenvalue weighted by Crippen LogP contribution is 2.32. The maximum atomic E-state index is 6.22. The Morgan fingerprint density at radius 1 is 1.41 bits per heavy atom. The standard InChI is InChI=1S/C12H14ClN3O/c1-17-8-2-3-9(11(13)6-8)10-7-15-16-12(10)4-5-14/h2-3,6-7H,4-5,14H2,1H3,(H,15,16). The quantitative estimate of drug-likeness (QED) is 0.876. The van der Waals surface area contributed by atoms with E-state index in [0.29, 0.717) is 11.6 Å². The molecule has 1 aromatic heterocycles. The van der Waals surface area contributed by atoms with Crippen LogP contribution in [0.3, 0.4) is 0 Å². The highest BCUT2D eigenvalue weighted by atomic mass is 35.5. The van der Waals surface area contributed by atoms with Gasteiger partial charge in [0.15, 0.2) is 0 Å². The molecule has 4 nitrogen and oxygen atoms in total. The molecule has 0 spiro atoms. The molecule has 0 radical (unpaired) electrons. The summed E-state index contributed by atoms with van der Waals surface area (Å²) in [5, 5.41) is 7.61. The Kier molecular flexibility index (Phi) is 3.66. The molecule has 1 aromatic carbocycles. The molecule has 0 saturated carbocycles. The maximum Gasteiger partial charge on any atom is 0.120 e. The number of methoxy groups -OCH3 is 1. The molecular formula is C12H14ClN3O. The van der Waals surface area contributed by atoms with Crippen molar-refractivity contribution in [3.05, 3.63) is 35.1 Å². The molecule has 3 N–H and O–H groups in total. The van der Waals surface area contributed by atoms with E-state index in [1.165, 1.54) is 0 Å². The molecule has 5 heteroatoms. The summed E-state index contributed by atoms with van der Waals surface area (Å²) in [6.07, 6.45) is 2.51. The van der Waals surface area contributed by atoms with E-state index in [2.05, 4.69) is 10.2 Å². The summed E-state index contributed by atoms with van der Waals surface area (Å²) >= 11 is 6.22. The Morgan fingerprint density at radius 3 is 2.88 bits per heavy atom. The van der Waals surface area contributed by atoms with Crippen molar-refractivity contribution >= 4 is 11.6 Å². The lowest BCUT2D eigenvalue weighted by molar-refractivity contribution is 0.415. The van der Waals surface area contributed by atoms with Gasteiger partial charge in [-0.2, -0.15) is 5.10 Å². The third kappa shape index (κ3) is 2.43. The van der Waals surface area contributed by atoms with Crippen LogP contribution in [0.5, 0.6) is 5.75 Å². The van der Waals surface area contributed by atoms with Gasteiger partial charge in [-0.25, -0.2) is 0 Å². The van der Waals surface area contributed by atoms with Gasteiger partial charge in [-0.05, 0) is 24.7 Å². The second-order valence-corrected chi connectivity index (χ2v) is 4.05. The van der Waals surface area contributed by atoms with Crippen LogP contribution in [0.25, 0.3) is 11.1 Å². The molecule has 1 heterocycles. The summed E-state index contributed by atoms with van der Waals surface area (Å²) in [5.74, 6) is 0.739. The molecular weight excluding hydrogens is 238 g/mol. The molecule has 17 heavy (non-hydrogen) atoms. The average molecular weight is 252 g/mol. The zero-order valence-electron chi connectivity index (χ0n) is 9.53. The minimum atomic E-state index is 0.572. The van der Waals surface area contributed by atoms with E-state index >= 15 is 0 Å². The van der Waals surface area contributed by atoms with Gasteiger partial charge in [0.05, 0.1) is 18.3 Å². The SMILES string of the molecule is COc1ccc(-c2cn[nH]c2CCN)c(Cl)c1. The van der Waals surface area contributed by atoms with E-state index < -0.39 is 0 Å². The van der Waals surface area contributed by atoms with Gasteiger partial charge in [0.1, 0.15) is 5.75 Å². The fraction of sp³-hybridized carbons (Fsp3) is 0.250. The Morgan fingerprint density at radius 2 is 2.24 bits per heavy atom. The minimum Gasteiger partial charge on any atom is -0.497 e. The summed E-state index contributed by atoms with van der Waals surface area (Å²) in [7, 11) is 1.61. The van der Waals surface area contributed by atoms with Crippen LogP contribution in [0.4, 0.5) is 0 Å². The van der Waals surface area contributed by atoms with Gasteiger partial charge in [-0.15, -0.1) is 0 Å². The predicted octanol–water partition coefficient (Wildman–Crippen LogP) is 2.24. The van der Waals surface area contributed by atoms with Gasteiger partial charge in [0, 0.05) is 23.2 Å². The van der Waals surface area contributed by atoms with Crippen LogP contribution in [-0.4, -0.2) is 23.9 Å². The Labute approximate surface area is 105 Å². The number of hydrogen-bond acceptors (Lipinski definition) is 3. The van der Waals surface area contributed by atoms with E-state index in [9.17, 15) is 0 Å². The molecule has 0 aliphatic heterocycles.